The van der Waals surface area contributed by atoms with Crippen molar-refractivity contribution in [3.8, 4) is 0 Å². The van der Waals surface area contributed by atoms with Crippen LogP contribution in [0.2, 0.25) is 0 Å². The lowest BCUT2D eigenvalue weighted by atomic mass is 9.86. The summed E-state index contributed by atoms with van der Waals surface area (Å²) in [6.07, 6.45) is 4.38. The summed E-state index contributed by atoms with van der Waals surface area (Å²) in [6, 6.07) is 0. The summed E-state index contributed by atoms with van der Waals surface area (Å²) in [6.45, 7) is 5.24. The van der Waals surface area contributed by atoms with Gasteiger partial charge >= 0.3 is 0 Å². The average molecular weight is 129 g/mol. The van der Waals surface area contributed by atoms with Crippen LogP contribution < -0.4 is 5.32 Å². The Labute approximate surface area is 58.8 Å². The van der Waals surface area contributed by atoms with Gasteiger partial charge in [-0.05, 0) is 32.4 Å². The van der Waals surface area contributed by atoms with E-state index < -0.39 is 0 Å². The van der Waals surface area contributed by atoms with E-state index in [2.05, 4.69) is 5.32 Å². The highest BCUT2D eigenvalue weighted by Crippen LogP contribution is 2.24. The highest BCUT2D eigenvalue weighted by Gasteiger charge is 2.14. The summed E-state index contributed by atoms with van der Waals surface area (Å²) in [4.78, 5) is 0. The maximum Gasteiger partial charge on any atom is -0.00235 e. The van der Waals surface area contributed by atoms with Gasteiger partial charge in [0.25, 0.3) is 0 Å². The number of nitrogens with one attached hydrogen (secondary N) is 1. The van der Waals surface area contributed by atoms with Crippen molar-refractivity contribution in [3.63, 3.8) is 0 Å². The third-order valence-electron chi connectivity index (χ3n) is 1.72. The molecule has 0 heterocycles. The molecule has 0 bridgehead atoms. The lowest BCUT2D eigenvalue weighted by Gasteiger charge is -2.24. The summed E-state index contributed by atoms with van der Waals surface area (Å²) in [5.74, 6) is 1.02. The summed E-state index contributed by atoms with van der Waals surface area (Å²) in [5, 5.41) is 3.17. The molecule has 0 radical (unpaired) electrons. The Morgan fingerprint density at radius 1 is 1.33 bits per heavy atom. The van der Waals surface area contributed by atoms with Gasteiger partial charge in [-0.15, -0.1) is 0 Å². The first-order chi connectivity index (χ1) is 4.43. The molecule has 1 fully saturated rings. The maximum absolute atomic E-state index is 3.17. The van der Waals surface area contributed by atoms with Gasteiger partial charge in [0, 0.05) is 0 Å². The molecule has 1 rings (SSSR count). The van der Waals surface area contributed by atoms with Crippen LogP contribution in [0.4, 0.5) is 0 Å². The van der Waals surface area contributed by atoms with Crippen LogP contribution >= 0.6 is 0 Å². The Bertz CT molecular complexity index is 48.5. The van der Waals surface area contributed by atoms with Crippen molar-refractivity contribution in [3.05, 3.63) is 0 Å². The fourth-order valence-corrected chi connectivity index (χ4v) is 0.986. The molecule has 0 aliphatic heterocycles. The predicted molar refractivity (Wildman–Crippen MR) is 42.6 cm³/mol. The molecule has 0 atom stereocenters. The number of hydrogen-bond acceptors (Lipinski definition) is 1. The fourth-order valence-electron chi connectivity index (χ4n) is 0.986. The normalized spacial score (nSPS) is 17.7. The molecule has 1 heteroatoms. The van der Waals surface area contributed by atoms with Crippen molar-refractivity contribution < 1.29 is 0 Å². The topological polar surface area (TPSA) is 12.0 Å². The monoisotopic (exact) mass is 129 g/mol. The first-order valence-corrected chi connectivity index (χ1v) is 4.08. The second kappa shape index (κ2) is 6.09. The zero-order chi connectivity index (χ0) is 7.11. The molecule has 1 aliphatic carbocycles. The number of hydrogen-bond donors (Lipinski definition) is 1. The zero-order valence-electron chi connectivity index (χ0n) is 6.91. The third kappa shape index (κ3) is 3.52. The van der Waals surface area contributed by atoms with E-state index >= 15 is 0 Å². The molecule has 0 saturated heterocycles. The molecular weight excluding hydrogens is 110 g/mol. The molecule has 1 aliphatic rings. The minimum atomic E-state index is 1.02. The molecule has 0 aromatic heterocycles. The largest absolute Gasteiger partial charge is 0.319 e. The minimum Gasteiger partial charge on any atom is -0.319 e. The van der Waals surface area contributed by atoms with Crippen LogP contribution in [0.15, 0.2) is 0 Å². The van der Waals surface area contributed by atoms with Crippen molar-refractivity contribution in [1.82, 2.24) is 5.32 Å². The second-order valence-corrected chi connectivity index (χ2v) is 2.35. The van der Waals surface area contributed by atoms with E-state index in [0.29, 0.717) is 0 Å². The van der Waals surface area contributed by atoms with Crippen molar-refractivity contribution in [1.29, 1.82) is 0 Å². The standard InChI is InChI=1S/C6H13N.C2H6/c1-7-5-6-3-2-4-6;1-2/h6-7H,2-5H2,1H3;1-2H3. The summed E-state index contributed by atoms with van der Waals surface area (Å²) < 4.78 is 0. The number of rotatable bonds is 2. The molecule has 9 heavy (non-hydrogen) atoms. The molecular formula is C8H19N. The maximum atomic E-state index is 3.17. The Morgan fingerprint density at radius 3 is 2.00 bits per heavy atom. The van der Waals surface area contributed by atoms with E-state index in [1.165, 1.54) is 25.8 Å². The van der Waals surface area contributed by atoms with Crippen molar-refractivity contribution in [2.45, 2.75) is 33.1 Å². The van der Waals surface area contributed by atoms with E-state index in [4.69, 9.17) is 0 Å². The lowest BCUT2D eigenvalue weighted by Crippen LogP contribution is -2.24. The molecule has 0 spiro atoms. The van der Waals surface area contributed by atoms with Crippen LogP contribution in [0.25, 0.3) is 0 Å². The molecule has 0 aromatic carbocycles. The smallest absolute Gasteiger partial charge is 0.00235 e. The van der Waals surface area contributed by atoms with E-state index in [9.17, 15) is 0 Å². The van der Waals surface area contributed by atoms with Crippen LogP contribution in [0.5, 0.6) is 0 Å². The highest BCUT2D eigenvalue weighted by atomic mass is 14.8. The van der Waals surface area contributed by atoms with Crippen LogP contribution in [-0.4, -0.2) is 13.6 Å². The molecule has 56 valence electrons. The first kappa shape index (κ1) is 8.96. The van der Waals surface area contributed by atoms with Gasteiger partial charge in [0.1, 0.15) is 0 Å². The second-order valence-electron chi connectivity index (χ2n) is 2.35. The Kier molecular flexibility index (Phi) is 6.06. The molecule has 0 amide bonds. The van der Waals surface area contributed by atoms with E-state index in [1.54, 1.807) is 0 Å². The minimum absolute atomic E-state index is 1.02. The SMILES string of the molecule is CC.CNCC1CCC1. The van der Waals surface area contributed by atoms with Crippen molar-refractivity contribution in [2.24, 2.45) is 5.92 Å². The summed E-state index contributed by atoms with van der Waals surface area (Å²) >= 11 is 0. The Morgan fingerprint density at radius 2 is 1.89 bits per heavy atom. The van der Waals surface area contributed by atoms with Gasteiger partial charge in [-0.3, -0.25) is 0 Å². The quantitative estimate of drug-likeness (QED) is 0.601. The van der Waals surface area contributed by atoms with E-state index in [0.717, 1.165) is 5.92 Å². The Balaban J connectivity index is 0.000000291. The van der Waals surface area contributed by atoms with Crippen LogP contribution in [0.1, 0.15) is 33.1 Å². The third-order valence-corrected chi connectivity index (χ3v) is 1.72. The zero-order valence-corrected chi connectivity index (χ0v) is 6.91. The molecule has 1 N–H and O–H groups in total. The summed E-state index contributed by atoms with van der Waals surface area (Å²) in [5.41, 5.74) is 0. The van der Waals surface area contributed by atoms with Crippen LogP contribution in [0.3, 0.4) is 0 Å². The van der Waals surface area contributed by atoms with Gasteiger partial charge in [0.05, 0.1) is 0 Å². The predicted octanol–water partition coefficient (Wildman–Crippen LogP) is 2.03. The van der Waals surface area contributed by atoms with E-state index in [1.807, 2.05) is 20.9 Å². The van der Waals surface area contributed by atoms with Crippen molar-refractivity contribution in [2.75, 3.05) is 13.6 Å². The van der Waals surface area contributed by atoms with Crippen LogP contribution in [0, 0.1) is 5.92 Å². The van der Waals surface area contributed by atoms with Crippen LogP contribution in [-0.2, 0) is 0 Å². The highest BCUT2D eigenvalue weighted by molar-refractivity contribution is 4.70. The molecule has 1 saturated carbocycles. The average Bonchev–Trinajstić information content (AvgIpc) is 1.84. The van der Waals surface area contributed by atoms with Gasteiger partial charge in [-0.25, -0.2) is 0 Å². The van der Waals surface area contributed by atoms with Gasteiger partial charge < -0.3 is 5.32 Å². The molecule has 0 aromatic rings. The lowest BCUT2D eigenvalue weighted by molar-refractivity contribution is 0.309. The van der Waals surface area contributed by atoms with E-state index in [-0.39, 0.29) is 0 Å². The molecule has 1 nitrogen and oxygen atoms in total. The fraction of sp³-hybridized carbons (Fsp3) is 1.00. The van der Waals surface area contributed by atoms with Gasteiger partial charge in [0.15, 0.2) is 0 Å². The van der Waals surface area contributed by atoms with Crippen molar-refractivity contribution >= 4 is 0 Å². The molecule has 0 unspecified atom stereocenters. The Hall–Kier alpha value is -0.0400. The first-order valence-electron chi connectivity index (χ1n) is 4.08. The van der Waals surface area contributed by atoms with Gasteiger partial charge in [0.2, 0.25) is 0 Å². The summed E-state index contributed by atoms with van der Waals surface area (Å²) in [7, 11) is 2.03. The van der Waals surface area contributed by atoms with Gasteiger partial charge in [-0.1, -0.05) is 20.3 Å². The van der Waals surface area contributed by atoms with Gasteiger partial charge in [-0.2, -0.15) is 0 Å².